The number of carbonyl (C=O) groups is 2. The molecule has 1 fully saturated rings. The molecule has 4 aromatic rings. The Morgan fingerprint density at radius 2 is 2.00 bits per heavy atom. The van der Waals surface area contributed by atoms with E-state index in [-0.39, 0.29) is 17.3 Å². The van der Waals surface area contributed by atoms with E-state index < -0.39 is 17.7 Å². The Hall–Kier alpha value is -3.91. The van der Waals surface area contributed by atoms with Crippen molar-refractivity contribution in [2.24, 2.45) is 0 Å². The van der Waals surface area contributed by atoms with E-state index in [2.05, 4.69) is 9.97 Å². The number of amides is 1. The van der Waals surface area contributed by atoms with E-state index in [4.69, 9.17) is 4.74 Å². The third-order valence-electron chi connectivity index (χ3n) is 5.28. The van der Waals surface area contributed by atoms with Crippen LogP contribution in [0.2, 0.25) is 0 Å². The SMILES string of the molecule is CCOc1cccc(/C(O)=C2\C(=O)C(=O)N(c3nc4ccccc4[nH]3)C2c2cccs2)c1. The summed E-state index contributed by atoms with van der Waals surface area (Å²) in [5.41, 5.74) is 1.85. The van der Waals surface area contributed by atoms with Gasteiger partial charge in [-0.25, -0.2) is 4.98 Å². The van der Waals surface area contributed by atoms with Gasteiger partial charge in [-0.15, -0.1) is 11.3 Å². The lowest BCUT2D eigenvalue weighted by Gasteiger charge is -2.21. The van der Waals surface area contributed by atoms with Crippen molar-refractivity contribution in [3.63, 3.8) is 0 Å². The minimum absolute atomic E-state index is 0.0200. The highest BCUT2D eigenvalue weighted by Gasteiger charge is 2.48. The second-order valence-corrected chi connectivity index (χ2v) is 8.20. The van der Waals surface area contributed by atoms with Gasteiger partial charge >= 0.3 is 5.91 Å². The van der Waals surface area contributed by atoms with Gasteiger partial charge in [-0.3, -0.25) is 14.5 Å². The zero-order valence-electron chi connectivity index (χ0n) is 17.1. The van der Waals surface area contributed by atoms with Gasteiger partial charge in [0.25, 0.3) is 5.78 Å². The number of thiophene rings is 1. The molecule has 1 unspecified atom stereocenters. The summed E-state index contributed by atoms with van der Waals surface area (Å²) in [7, 11) is 0. The molecule has 0 saturated carbocycles. The van der Waals surface area contributed by atoms with Crippen LogP contribution in [-0.4, -0.2) is 33.4 Å². The fourth-order valence-electron chi connectivity index (χ4n) is 3.88. The Balaban J connectivity index is 1.68. The number of aromatic nitrogens is 2. The second-order valence-electron chi connectivity index (χ2n) is 7.22. The Morgan fingerprint density at radius 3 is 2.75 bits per heavy atom. The van der Waals surface area contributed by atoms with Gasteiger partial charge in [0.1, 0.15) is 17.6 Å². The van der Waals surface area contributed by atoms with Crippen molar-refractivity contribution in [2.75, 3.05) is 11.5 Å². The number of nitrogens with zero attached hydrogens (tertiary/aromatic N) is 2. The van der Waals surface area contributed by atoms with Gasteiger partial charge in [0.15, 0.2) is 0 Å². The lowest BCUT2D eigenvalue weighted by atomic mass is 10.00. The van der Waals surface area contributed by atoms with Gasteiger partial charge < -0.3 is 14.8 Å². The quantitative estimate of drug-likeness (QED) is 0.265. The van der Waals surface area contributed by atoms with Crippen LogP contribution in [0.15, 0.2) is 71.6 Å². The molecule has 0 aliphatic carbocycles. The van der Waals surface area contributed by atoms with E-state index in [0.717, 1.165) is 10.4 Å². The van der Waals surface area contributed by atoms with Crippen LogP contribution in [0.25, 0.3) is 16.8 Å². The molecule has 8 heteroatoms. The second kappa shape index (κ2) is 7.97. The first-order valence-electron chi connectivity index (χ1n) is 10.1. The number of para-hydroxylation sites is 2. The van der Waals surface area contributed by atoms with Crippen LogP contribution < -0.4 is 9.64 Å². The molecule has 1 atom stereocenters. The molecule has 3 heterocycles. The summed E-state index contributed by atoms with van der Waals surface area (Å²) >= 11 is 1.40. The Morgan fingerprint density at radius 1 is 1.16 bits per heavy atom. The Labute approximate surface area is 187 Å². The predicted octanol–water partition coefficient (Wildman–Crippen LogP) is 4.65. The highest BCUT2D eigenvalue weighted by molar-refractivity contribution is 7.10. The molecule has 0 spiro atoms. The summed E-state index contributed by atoms with van der Waals surface area (Å²) in [5.74, 6) is -0.931. The molecule has 2 N–H and O–H groups in total. The third kappa shape index (κ3) is 3.25. The number of aliphatic hydroxyl groups excluding tert-OH is 1. The first kappa shape index (κ1) is 20.0. The maximum absolute atomic E-state index is 13.2. The van der Waals surface area contributed by atoms with Crippen molar-refractivity contribution >= 4 is 45.8 Å². The molecule has 2 aromatic heterocycles. The number of benzene rings is 2. The molecule has 0 bridgehead atoms. The lowest BCUT2D eigenvalue weighted by Crippen LogP contribution is -2.30. The average Bonchev–Trinajstić information content (AvgIpc) is 3.52. The van der Waals surface area contributed by atoms with Crippen LogP contribution in [-0.2, 0) is 9.59 Å². The van der Waals surface area contributed by atoms with Crippen LogP contribution in [0.3, 0.4) is 0 Å². The number of imidazole rings is 1. The third-order valence-corrected chi connectivity index (χ3v) is 6.21. The van der Waals surface area contributed by atoms with E-state index in [1.807, 2.05) is 48.7 Å². The molecular weight excluding hydrogens is 426 g/mol. The van der Waals surface area contributed by atoms with Gasteiger partial charge in [-0.05, 0) is 42.6 Å². The average molecular weight is 446 g/mol. The standard InChI is InChI=1S/C24H19N3O4S/c1-2-31-15-8-5-7-14(13-15)21(28)19-20(18-11-6-12-32-18)27(23(30)22(19)29)24-25-16-9-3-4-10-17(16)26-24/h3-13,20,28H,2H2,1H3,(H,25,26)/b21-19+. The number of ketones is 1. The van der Waals surface area contributed by atoms with Crippen LogP contribution >= 0.6 is 11.3 Å². The maximum Gasteiger partial charge on any atom is 0.302 e. The first-order chi connectivity index (χ1) is 15.6. The minimum atomic E-state index is -0.800. The van der Waals surface area contributed by atoms with Gasteiger partial charge in [0.05, 0.1) is 23.2 Å². The van der Waals surface area contributed by atoms with Gasteiger partial charge in [-0.2, -0.15) is 0 Å². The summed E-state index contributed by atoms with van der Waals surface area (Å²) in [6.45, 7) is 2.33. The topological polar surface area (TPSA) is 95.5 Å². The number of nitrogens with one attached hydrogen (secondary N) is 1. The number of carbonyl (C=O) groups excluding carboxylic acids is 2. The molecule has 2 aromatic carbocycles. The normalized spacial score (nSPS) is 17.9. The molecule has 5 rings (SSSR count). The van der Waals surface area contributed by atoms with Crippen molar-refractivity contribution in [1.29, 1.82) is 0 Å². The van der Waals surface area contributed by atoms with Gasteiger partial charge in [0.2, 0.25) is 5.95 Å². The van der Waals surface area contributed by atoms with Crippen molar-refractivity contribution in [2.45, 2.75) is 13.0 Å². The Bertz CT molecular complexity index is 1320. The van der Waals surface area contributed by atoms with Crippen LogP contribution in [0, 0.1) is 0 Å². The number of ether oxygens (including phenoxy) is 1. The molecule has 1 aliphatic rings. The van der Waals surface area contributed by atoms with Crippen LogP contribution in [0.5, 0.6) is 5.75 Å². The summed E-state index contributed by atoms with van der Waals surface area (Å²) in [6, 6.07) is 17.1. The van der Waals surface area contributed by atoms with Crippen molar-refractivity contribution in [1.82, 2.24) is 9.97 Å². The fraction of sp³-hybridized carbons (Fsp3) is 0.125. The van der Waals surface area contributed by atoms with E-state index in [9.17, 15) is 14.7 Å². The number of hydrogen-bond donors (Lipinski definition) is 2. The minimum Gasteiger partial charge on any atom is -0.507 e. The fourth-order valence-corrected chi connectivity index (χ4v) is 4.70. The molecule has 0 radical (unpaired) electrons. The number of aliphatic hydroxyl groups is 1. The number of Topliss-reactive ketones (excluding diaryl/α,β-unsaturated/α-hetero) is 1. The number of rotatable bonds is 5. The van der Waals surface area contributed by atoms with Crippen molar-refractivity contribution in [3.05, 3.63) is 82.1 Å². The molecule has 1 amide bonds. The number of anilines is 1. The van der Waals surface area contributed by atoms with Crippen molar-refractivity contribution < 1.29 is 19.4 Å². The zero-order chi connectivity index (χ0) is 22.2. The number of aromatic amines is 1. The van der Waals surface area contributed by atoms with Gasteiger partial charge in [-0.1, -0.05) is 30.3 Å². The lowest BCUT2D eigenvalue weighted by molar-refractivity contribution is -0.132. The summed E-state index contributed by atoms with van der Waals surface area (Å²) in [5, 5.41) is 13.0. The van der Waals surface area contributed by atoms with Crippen LogP contribution in [0.1, 0.15) is 23.4 Å². The smallest absolute Gasteiger partial charge is 0.302 e. The van der Waals surface area contributed by atoms with E-state index in [1.165, 1.54) is 16.2 Å². The highest BCUT2D eigenvalue weighted by Crippen LogP contribution is 2.43. The molecular formula is C24H19N3O4S. The largest absolute Gasteiger partial charge is 0.507 e. The predicted molar refractivity (Wildman–Crippen MR) is 123 cm³/mol. The molecule has 1 saturated heterocycles. The zero-order valence-corrected chi connectivity index (χ0v) is 17.9. The maximum atomic E-state index is 13.2. The number of H-pyrrole nitrogens is 1. The Kier molecular flexibility index (Phi) is 4.99. The highest BCUT2D eigenvalue weighted by atomic mass is 32.1. The molecule has 32 heavy (non-hydrogen) atoms. The first-order valence-corrected chi connectivity index (χ1v) is 11.0. The monoisotopic (exact) mass is 445 g/mol. The summed E-state index contributed by atoms with van der Waals surface area (Å²) < 4.78 is 5.52. The summed E-state index contributed by atoms with van der Waals surface area (Å²) in [4.78, 5) is 36.0. The number of hydrogen-bond acceptors (Lipinski definition) is 6. The number of fused-ring (bicyclic) bond motifs is 1. The summed E-state index contributed by atoms with van der Waals surface area (Å²) in [6.07, 6.45) is 0. The van der Waals surface area contributed by atoms with Gasteiger partial charge in [0, 0.05) is 10.4 Å². The van der Waals surface area contributed by atoms with Crippen LogP contribution in [0.4, 0.5) is 5.95 Å². The van der Waals surface area contributed by atoms with Crippen molar-refractivity contribution in [3.8, 4) is 5.75 Å². The van der Waals surface area contributed by atoms with E-state index in [1.54, 1.807) is 24.3 Å². The van der Waals surface area contributed by atoms with E-state index in [0.29, 0.717) is 23.4 Å². The molecule has 1 aliphatic heterocycles. The van der Waals surface area contributed by atoms with E-state index >= 15 is 0 Å². The molecule has 160 valence electrons. The molecule has 7 nitrogen and oxygen atoms in total.